The molecule has 2 rings (SSSR count). The predicted molar refractivity (Wildman–Crippen MR) is 51.0 cm³/mol. The van der Waals surface area contributed by atoms with E-state index in [4.69, 9.17) is 0 Å². The molecular weight excluding hydrogens is 148 g/mol. The Bertz CT molecular complexity index is 304. The van der Waals surface area contributed by atoms with Crippen molar-refractivity contribution in [3.63, 3.8) is 0 Å². The van der Waals surface area contributed by atoms with Gasteiger partial charge in [-0.25, -0.2) is 0 Å². The van der Waals surface area contributed by atoms with Crippen LogP contribution in [0.4, 0.5) is 5.69 Å². The number of nitrogens with zero attached hydrogens (tertiary/aromatic N) is 1. The van der Waals surface area contributed by atoms with Crippen LogP contribution < -0.4 is 5.32 Å². The first-order valence-electron chi connectivity index (χ1n) is 4.25. The van der Waals surface area contributed by atoms with Crippen molar-refractivity contribution in [2.75, 3.05) is 11.9 Å². The highest BCUT2D eigenvalue weighted by atomic mass is 14.9. The lowest BCUT2D eigenvalue weighted by Crippen LogP contribution is -1.99. The Balaban J connectivity index is 2.46. The van der Waals surface area contributed by atoms with Crippen LogP contribution in [0.5, 0.6) is 0 Å². The second kappa shape index (κ2) is 2.97. The molecule has 0 bridgehead atoms. The van der Waals surface area contributed by atoms with Crippen LogP contribution >= 0.6 is 0 Å². The third-order valence-corrected chi connectivity index (χ3v) is 2.11. The number of nitrogens with one attached hydrogen (secondary N) is 1. The van der Waals surface area contributed by atoms with Gasteiger partial charge in [-0.2, -0.15) is 0 Å². The van der Waals surface area contributed by atoms with Crippen LogP contribution in [0.15, 0.2) is 24.9 Å². The van der Waals surface area contributed by atoms with Gasteiger partial charge in [0.15, 0.2) is 0 Å². The number of fused-ring (bicyclic) bond motifs is 1. The van der Waals surface area contributed by atoms with E-state index in [-0.39, 0.29) is 0 Å². The third kappa shape index (κ3) is 1.20. The quantitative estimate of drug-likeness (QED) is 0.630. The van der Waals surface area contributed by atoms with E-state index < -0.39 is 0 Å². The highest BCUT2D eigenvalue weighted by Crippen LogP contribution is 2.26. The summed E-state index contributed by atoms with van der Waals surface area (Å²) in [6.45, 7) is 5.04. The number of hydrogen-bond donors (Lipinski definition) is 1. The maximum atomic E-state index is 4.30. The Morgan fingerprint density at radius 3 is 3.33 bits per heavy atom. The second-order valence-electron chi connectivity index (χ2n) is 3.03. The van der Waals surface area contributed by atoms with Gasteiger partial charge in [0.25, 0.3) is 0 Å². The topological polar surface area (TPSA) is 24.9 Å². The summed E-state index contributed by atoms with van der Waals surface area (Å²) in [5.74, 6) is 0. The second-order valence-corrected chi connectivity index (χ2v) is 3.03. The van der Waals surface area contributed by atoms with Crippen molar-refractivity contribution in [1.82, 2.24) is 4.98 Å². The Hall–Kier alpha value is -1.31. The van der Waals surface area contributed by atoms with E-state index in [1.54, 1.807) is 0 Å². The zero-order valence-corrected chi connectivity index (χ0v) is 7.01. The minimum Gasteiger partial charge on any atom is -0.383 e. The third-order valence-electron chi connectivity index (χ3n) is 2.11. The molecule has 0 spiro atoms. The normalized spacial score (nSPS) is 16.2. The van der Waals surface area contributed by atoms with Crippen molar-refractivity contribution >= 4 is 11.3 Å². The van der Waals surface area contributed by atoms with Gasteiger partial charge in [0.1, 0.15) is 0 Å². The van der Waals surface area contributed by atoms with Gasteiger partial charge in [0.05, 0.1) is 11.4 Å². The summed E-state index contributed by atoms with van der Waals surface area (Å²) in [4.78, 5) is 4.30. The van der Waals surface area contributed by atoms with Crippen molar-refractivity contribution in [1.29, 1.82) is 0 Å². The fourth-order valence-electron chi connectivity index (χ4n) is 1.47. The number of allylic oxidation sites excluding steroid dienone is 1. The maximum Gasteiger partial charge on any atom is 0.0886 e. The predicted octanol–water partition coefficient (Wildman–Crippen LogP) is 2.30. The average molecular weight is 160 g/mol. The number of anilines is 1. The van der Waals surface area contributed by atoms with Crippen LogP contribution in [0.25, 0.3) is 5.57 Å². The van der Waals surface area contributed by atoms with Gasteiger partial charge in [-0.1, -0.05) is 6.58 Å². The molecule has 0 saturated heterocycles. The average Bonchev–Trinajstić information content (AvgIpc) is 2.29. The molecule has 0 radical (unpaired) electrons. The zero-order valence-electron chi connectivity index (χ0n) is 7.01. The van der Waals surface area contributed by atoms with Crippen LogP contribution in [0.1, 0.15) is 18.5 Å². The van der Waals surface area contributed by atoms with Gasteiger partial charge in [0.2, 0.25) is 0 Å². The highest BCUT2D eigenvalue weighted by molar-refractivity contribution is 5.72. The van der Waals surface area contributed by atoms with E-state index in [0.717, 1.165) is 36.3 Å². The summed E-state index contributed by atoms with van der Waals surface area (Å²) >= 11 is 0. The smallest absolute Gasteiger partial charge is 0.0886 e. The minimum atomic E-state index is 1.03. The number of pyridine rings is 1. The summed E-state index contributed by atoms with van der Waals surface area (Å²) in [7, 11) is 0. The Labute approximate surface area is 72.3 Å². The molecular formula is C10H12N2. The minimum absolute atomic E-state index is 1.03. The van der Waals surface area contributed by atoms with Crippen LogP contribution in [-0.4, -0.2) is 11.5 Å². The first-order chi connectivity index (χ1) is 5.88. The largest absolute Gasteiger partial charge is 0.383 e. The Morgan fingerprint density at radius 1 is 1.50 bits per heavy atom. The monoisotopic (exact) mass is 160 g/mol. The lowest BCUT2D eigenvalue weighted by Gasteiger charge is -2.05. The van der Waals surface area contributed by atoms with Crippen LogP contribution in [-0.2, 0) is 0 Å². The summed E-state index contributed by atoms with van der Waals surface area (Å²) in [6.07, 6.45) is 4.02. The molecule has 1 aliphatic rings. The molecule has 1 aromatic heterocycles. The van der Waals surface area contributed by atoms with E-state index in [9.17, 15) is 0 Å². The Kier molecular flexibility index (Phi) is 1.82. The molecule has 0 atom stereocenters. The SMILES string of the molecule is C=C1CCCNc2cccnc21. The van der Waals surface area contributed by atoms with Crippen molar-refractivity contribution in [3.8, 4) is 0 Å². The fraction of sp³-hybridized carbons (Fsp3) is 0.300. The molecule has 0 aliphatic carbocycles. The molecule has 0 fully saturated rings. The highest BCUT2D eigenvalue weighted by Gasteiger charge is 2.09. The molecule has 0 unspecified atom stereocenters. The zero-order chi connectivity index (χ0) is 8.39. The van der Waals surface area contributed by atoms with Gasteiger partial charge in [0, 0.05) is 12.7 Å². The van der Waals surface area contributed by atoms with Crippen LogP contribution in [0, 0.1) is 0 Å². The molecule has 2 heteroatoms. The van der Waals surface area contributed by atoms with E-state index in [1.807, 2.05) is 12.3 Å². The molecule has 2 nitrogen and oxygen atoms in total. The van der Waals surface area contributed by atoms with Crippen molar-refractivity contribution < 1.29 is 0 Å². The van der Waals surface area contributed by atoms with E-state index in [0.29, 0.717) is 0 Å². The standard InChI is InChI=1S/C10H12N2/c1-8-4-2-6-11-9-5-3-7-12-10(8)9/h3,5,7,11H,1-2,4,6H2. The molecule has 2 heterocycles. The molecule has 1 aliphatic heterocycles. The number of aromatic nitrogens is 1. The first kappa shape index (κ1) is 7.35. The van der Waals surface area contributed by atoms with Crippen LogP contribution in [0.3, 0.4) is 0 Å². The summed E-state index contributed by atoms with van der Waals surface area (Å²) < 4.78 is 0. The summed E-state index contributed by atoms with van der Waals surface area (Å²) in [5.41, 5.74) is 3.31. The molecule has 0 saturated carbocycles. The van der Waals surface area contributed by atoms with E-state index in [2.05, 4.69) is 22.9 Å². The van der Waals surface area contributed by atoms with Gasteiger partial charge < -0.3 is 5.32 Å². The molecule has 62 valence electrons. The van der Waals surface area contributed by atoms with Gasteiger partial charge in [-0.05, 0) is 30.5 Å². The molecule has 0 amide bonds. The first-order valence-corrected chi connectivity index (χ1v) is 4.25. The maximum absolute atomic E-state index is 4.30. The van der Waals surface area contributed by atoms with Gasteiger partial charge in [-0.15, -0.1) is 0 Å². The Morgan fingerprint density at radius 2 is 2.42 bits per heavy atom. The molecule has 0 aromatic carbocycles. The summed E-state index contributed by atoms with van der Waals surface area (Å²) in [5, 5.41) is 3.33. The lowest BCUT2D eigenvalue weighted by molar-refractivity contribution is 0.916. The van der Waals surface area contributed by atoms with Crippen molar-refractivity contribution in [3.05, 3.63) is 30.6 Å². The van der Waals surface area contributed by atoms with Crippen molar-refractivity contribution in [2.45, 2.75) is 12.8 Å². The van der Waals surface area contributed by atoms with Gasteiger partial charge >= 0.3 is 0 Å². The molecule has 12 heavy (non-hydrogen) atoms. The van der Waals surface area contributed by atoms with E-state index in [1.165, 1.54) is 0 Å². The summed E-state index contributed by atoms with van der Waals surface area (Å²) in [6, 6.07) is 4.00. The lowest BCUT2D eigenvalue weighted by atomic mass is 10.1. The van der Waals surface area contributed by atoms with E-state index >= 15 is 0 Å². The van der Waals surface area contributed by atoms with Crippen LogP contribution in [0.2, 0.25) is 0 Å². The number of hydrogen-bond acceptors (Lipinski definition) is 2. The molecule has 1 N–H and O–H groups in total. The van der Waals surface area contributed by atoms with Gasteiger partial charge in [-0.3, -0.25) is 4.98 Å². The van der Waals surface area contributed by atoms with Crippen molar-refractivity contribution in [2.24, 2.45) is 0 Å². The number of rotatable bonds is 0. The molecule has 1 aromatic rings. The fourth-order valence-corrected chi connectivity index (χ4v) is 1.47.